The Labute approximate surface area is 173 Å². The van der Waals surface area contributed by atoms with E-state index in [9.17, 15) is 4.79 Å². The molecule has 3 rings (SSSR count). The molecule has 0 bridgehead atoms. The van der Waals surface area contributed by atoms with Crippen molar-refractivity contribution in [3.63, 3.8) is 0 Å². The highest BCUT2D eigenvalue weighted by Gasteiger charge is 2.23. The number of carbonyl (C=O) groups excluding carboxylic acids is 1. The summed E-state index contributed by atoms with van der Waals surface area (Å²) < 4.78 is 2.00. The van der Waals surface area contributed by atoms with E-state index in [1.165, 1.54) is 5.56 Å². The smallest absolute Gasteiger partial charge is 0.220 e. The zero-order valence-electron chi connectivity index (χ0n) is 17.9. The molecule has 2 aromatic rings. The Hall–Kier alpha value is -2.83. The van der Waals surface area contributed by atoms with E-state index in [2.05, 4.69) is 56.8 Å². The topological polar surface area (TPSA) is 74.5 Å². The van der Waals surface area contributed by atoms with Crippen molar-refractivity contribution in [3.8, 4) is 5.69 Å². The van der Waals surface area contributed by atoms with Crippen LogP contribution in [-0.2, 0) is 11.3 Å². The molecule has 1 aromatic carbocycles. The molecule has 1 aliphatic heterocycles. The summed E-state index contributed by atoms with van der Waals surface area (Å²) in [5.41, 5.74) is 4.40. The minimum Gasteiger partial charge on any atom is -0.359 e. The molecule has 0 radical (unpaired) electrons. The zero-order valence-corrected chi connectivity index (χ0v) is 17.9. The second-order valence-electron chi connectivity index (χ2n) is 7.68. The molecule has 1 fully saturated rings. The second kappa shape index (κ2) is 9.58. The van der Waals surface area contributed by atoms with Gasteiger partial charge >= 0.3 is 0 Å². The summed E-state index contributed by atoms with van der Waals surface area (Å²) in [6.45, 7) is 6.60. The van der Waals surface area contributed by atoms with Crippen LogP contribution in [0.2, 0.25) is 0 Å². The highest BCUT2D eigenvalue weighted by Crippen LogP contribution is 2.21. The number of aryl methyl sites for hydroxylation is 2. The maximum absolute atomic E-state index is 11.6. The highest BCUT2D eigenvalue weighted by molar-refractivity contribution is 5.80. The number of piperidine rings is 1. The van der Waals surface area contributed by atoms with Crippen LogP contribution in [0, 0.1) is 19.8 Å². The summed E-state index contributed by atoms with van der Waals surface area (Å²) in [5.74, 6) is 1.49. The Bertz CT molecular complexity index is 864. The third-order valence-corrected chi connectivity index (χ3v) is 5.55. The maximum atomic E-state index is 11.6. The van der Waals surface area contributed by atoms with E-state index in [0.717, 1.165) is 49.0 Å². The predicted molar refractivity (Wildman–Crippen MR) is 116 cm³/mol. The first-order chi connectivity index (χ1) is 14.0. The molecule has 156 valence electrons. The number of guanidine groups is 1. The molecular weight excluding hydrogens is 364 g/mol. The minimum atomic E-state index is 0.131. The summed E-state index contributed by atoms with van der Waals surface area (Å²) in [5, 5.41) is 10.9. The maximum Gasteiger partial charge on any atom is 0.220 e. The van der Waals surface area contributed by atoms with Crippen LogP contribution in [0.4, 0.5) is 0 Å². The van der Waals surface area contributed by atoms with Gasteiger partial charge in [0.15, 0.2) is 5.96 Å². The summed E-state index contributed by atoms with van der Waals surface area (Å²) in [6.07, 6.45) is 2.64. The summed E-state index contributed by atoms with van der Waals surface area (Å²) in [4.78, 5) is 18.4. The van der Waals surface area contributed by atoms with Gasteiger partial charge in [-0.05, 0) is 50.3 Å². The van der Waals surface area contributed by atoms with Gasteiger partial charge in [0.2, 0.25) is 5.91 Å². The van der Waals surface area contributed by atoms with Crippen LogP contribution in [0.3, 0.4) is 0 Å². The van der Waals surface area contributed by atoms with Crippen molar-refractivity contribution in [2.45, 2.75) is 39.7 Å². The minimum absolute atomic E-state index is 0.131. The SMILES string of the molecule is CN=C(NCc1ccccc1-n1nc(C)cc1C)N1CCC(CC(=O)NC)CC1. The highest BCUT2D eigenvalue weighted by atomic mass is 16.1. The number of rotatable bonds is 5. The molecule has 0 unspecified atom stereocenters. The number of para-hydroxylation sites is 1. The van der Waals surface area contributed by atoms with Crippen LogP contribution >= 0.6 is 0 Å². The molecular formula is C22H32N6O. The van der Waals surface area contributed by atoms with Crippen molar-refractivity contribution in [2.75, 3.05) is 27.2 Å². The lowest BCUT2D eigenvalue weighted by Crippen LogP contribution is -2.45. The Balaban J connectivity index is 1.63. The molecule has 1 aromatic heterocycles. The number of hydrogen-bond donors (Lipinski definition) is 2. The Morgan fingerprint density at radius 3 is 2.59 bits per heavy atom. The lowest BCUT2D eigenvalue weighted by Gasteiger charge is -2.34. The van der Waals surface area contributed by atoms with E-state index in [1.807, 2.05) is 24.7 Å². The molecule has 29 heavy (non-hydrogen) atoms. The quantitative estimate of drug-likeness (QED) is 0.601. The molecule has 0 saturated carbocycles. The van der Waals surface area contributed by atoms with Crippen LogP contribution in [0.15, 0.2) is 35.3 Å². The molecule has 0 aliphatic carbocycles. The fourth-order valence-electron chi connectivity index (χ4n) is 3.96. The van der Waals surface area contributed by atoms with Gasteiger partial charge in [-0.1, -0.05) is 18.2 Å². The first-order valence-electron chi connectivity index (χ1n) is 10.3. The largest absolute Gasteiger partial charge is 0.359 e. The van der Waals surface area contributed by atoms with Crippen LogP contribution in [0.25, 0.3) is 5.69 Å². The van der Waals surface area contributed by atoms with Gasteiger partial charge in [-0.25, -0.2) is 4.68 Å². The van der Waals surface area contributed by atoms with E-state index >= 15 is 0 Å². The Morgan fingerprint density at radius 1 is 1.24 bits per heavy atom. The van der Waals surface area contributed by atoms with Crippen molar-refractivity contribution < 1.29 is 4.79 Å². The van der Waals surface area contributed by atoms with Crippen LogP contribution in [-0.4, -0.2) is 53.7 Å². The van der Waals surface area contributed by atoms with Crippen molar-refractivity contribution in [1.29, 1.82) is 0 Å². The van der Waals surface area contributed by atoms with Crippen molar-refractivity contribution in [1.82, 2.24) is 25.3 Å². The predicted octanol–water partition coefficient (Wildman–Crippen LogP) is 2.41. The first-order valence-corrected chi connectivity index (χ1v) is 10.3. The summed E-state index contributed by atoms with van der Waals surface area (Å²) >= 11 is 0. The number of likely N-dealkylation sites (tertiary alicyclic amines) is 1. The molecule has 1 aliphatic rings. The Kier molecular flexibility index (Phi) is 6.90. The van der Waals surface area contributed by atoms with E-state index in [4.69, 9.17) is 0 Å². The third-order valence-electron chi connectivity index (χ3n) is 5.55. The zero-order chi connectivity index (χ0) is 20.8. The summed E-state index contributed by atoms with van der Waals surface area (Å²) in [6, 6.07) is 10.4. The molecule has 2 N–H and O–H groups in total. The number of amides is 1. The number of carbonyl (C=O) groups is 1. The molecule has 7 nitrogen and oxygen atoms in total. The van der Waals surface area contributed by atoms with E-state index in [0.29, 0.717) is 18.9 Å². The normalized spacial score (nSPS) is 15.4. The van der Waals surface area contributed by atoms with Crippen molar-refractivity contribution in [2.24, 2.45) is 10.9 Å². The second-order valence-corrected chi connectivity index (χ2v) is 7.68. The molecule has 7 heteroatoms. The van der Waals surface area contributed by atoms with E-state index in [1.54, 1.807) is 7.05 Å². The van der Waals surface area contributed by atoms with Gasteiger partial charge in [-0.3, -0.25) is 9.79 Å². The van der Waals surface area contributed by atoms with Crippen LogP contribution in [0.1, 0.15) is 36.2 Å². The van der Waals surface area contributed by atoms with Gasteiger partial charge in [0.25, 0.3) is 0 Å². The third kappa shape index (κ3) is 5.16. The standard InChI is InChI=1S/C22H32N6O/c1-16-13-17(2)28(26-16)20-8-6-5-7-19(20)15-25-22(24-4)27-11-9-18(10-12-27)14-21(29)23-3/h5-8,13,18H,9-12,14-15H2,1-4H3,(H,23,29)(H,24,25). The molecule has 1 saturated heterocycles. The van der Waals surface area contributed by atoms with Gasteiger partial charge in [0.05, 0.1) is 11.4 Å². The molecule has 0 spiro atoms. The number of nitrogens with one attached hydrogen (secondary N) is 2. The fourth-order valence-corrected chi connectivity index (χ4v) is 3.96. The number of aliphatic imine (C=N–C) groups is 1. The van der Waals surface area contributed by atoms with Gasteiger partial charge in [0.1, 0.15) is 0 Å². The average Bonchev–Trinajstić information content (AvgIpc) is 3.07. The number of hydrogen-bond acceptors (Lipinski definition) is 3. The molecule has 2 heterocycles. The van der Waals surface area contributed by atoms with E-state index < -0.39 is 0 Å². The monoisotopic (exact) mass is 396 g/mol. The van der Waals surface area contributed by atoms with E-state index in [-0.39, 0.29) is 5.91 Å². The number of nitrogens with zero attached hydrogens (tertiary/aromatic N) is 4. The van der Waals surface area contributed by atoms with Crippen molar-refractivity contribution in [3.05, 3.63) is 47.3 Å². The van der Waals surface area contributed by atoms with Crippen LogP contribution < -0.4 is 10.6 Å². The summed E-state index contributed by atoms with van der Waals surface area (Å²) in [7, 11) is 3.53. The van der Waals surface area contributed by atoms with Gasteiger partial charge in [-0.2, -0.15) is 5.10 Å². The average molecular weight is 397 g/mol. The van der Waals surface area contributed by atoms with Crippen LogP contribution in [0.5, 0.6) is 0 Å². The molecule has 1 amide bonds. The lowest BCUT2D eigenvalue weighted by molar-refractivity contribution is -0.121. The van der Waals surface area contributed by atoms with Gasteiger partial charge < -0.3 is 15.5 Å². The number of benzene rings is 1. The Morgan fingerprint density at radius 2 is 1.97 bits per heavy atom. The van der Waals surface area contributed by atoms with Crippen molar-refractivity contribution >= 4 is 11.9 Å². The fraction of sp³-hybridized carbons (Fsp3) is 0.500. The van der Waals surface area contributed by atoms with Gasteiger partial charge in [0, 0.05) is 45.8 Å². The molecule has 0 atom stereocenters. The lowest BCUT2D eigenvalue weighted by atomic mass is 9.93. The first kappa shape index (κ1) is 20.9. The number of aromatic nitrogens is 2. The van der Waals surface area contributed by atoms with Gasteiger partial charge in [-0.15, -0.1) is 0 Å².